The van der Waals surface area contributed by atoms with Crippen molar-refractivity contribution < 1.29 is 13.6 Å². The summed E-state index contributed by atoms with van der Waals surface area (Å²) in [5.74, 6) is -1.45. The van der Waals surface area contributed by atoms with E-state index in [2.05, 4.69) is 9.55 Å². The van der Waals surface area contributed by atoms with Crippen LogP contribution in [0.4, 0.5) is 8.78 Å². The lowest BCUT2D eigenvalue weighted by Crippen LogP contribution is -2.30. The molecule has 0 radical (unpaired) electrons. The van der Waals surface area contributed by atoms with Crippen molar-refractivity contribution in [2.24, 2.45) is 0 Å². The molecule has 0 aliphatic carbocycles. The number of amides is 1. The number of aromatic nitrogens is 2. The van der Waals surface area contributed by atoms with Crippen LogP contribution in [0.3, 0.4) is 0 Å². The summed E-state index contributed by atoms with van der Waals surface area (Å²) in [4.78, 5) is 18.6. The number of rotatable bonds is 3. The van der Waals surface area contributed by atoms with Crippen LogP contribution >= 0.6 is 0 Å². The first-order valence-electron chi connectivity index (χ1n) is 8.25. The van der Waals surface area contributed by atoms with Crippen LogP contribution in [0.1, 0.15) is 18.0 Å². The molecule has 128 valence electrons. The highest BCUT2D eigenvalue weighted by Gasteiger charge is 2.28. The molecule has 0 saturated carbocycles. The normalized spacial score (nSPS) is 17.4. The van der Waals surface area contributed by atoms with Crippen molar-refractivity contribution in [2.75, 3.05) is 13.1 Å². The minimum atomic E-state index is -0.676. The number of benzene rings is 2. The average Bonchev–Trinajstić information content (AvgIpc) is 3.23. The number of carbonyl (C=O) groups excluding carboxylic acids is 1. The van der Waals surface area contributed by atoms with Gasteiger partial charge in [-0.2, -0.15) is 0 Å². The van der Waals surface area contributed by atoms with E-state index in [4.69, 9.17) is 0 Å². The van der Waals surface area contributed by atoms with E-state index >= 15 is 0 Å². The second kappa shape index (κ2) is 6.27. The van der Waals surface area contributed by atoms with Crippen molar-refractivity contribution in [3.63, 3.8) is 0 Å². The Hall–Kier alpha value is -2.76. The highest BCUT2D eigenvalue weighted by Crippen LogP contribution is 2.26. The van der Waals surface area contributed by atoms with Crippen molar-refractivity contribution in [1.82, 2.24) is 14.5 Å². The van der Waals surface area contributed by atoms with E-state index in [1.807, 2.05) is 30.6 Å². The van der Waals surface area contributed by atoms with Crippen LogP contribution in [0.2, 0.25) is 0 Å². The quantitative estimate of drug-likeness (QED) is 0.733. The third-order valence-electron chi connectivity index (χ3n) is 4.75. The maximum Gasteiger partial charge on any atom is 0.227 e. The molecule has 6 heteroatoms. The first-order chi connectivity index (χ1) is 12.1. The van der Waals surface area contributed by atoms with Crippen LogP contribution < -0.4 is 0 Å². The first-order valence-corrected chi connectivity index (χ1v) is 8.25. The number of fused-ring (bicyclic) bond motifs is 1. The molecular weight excluding hydrogens is 324 g/mol. The fraction of sp³-hybridized carbons (Fsp3) is 0.263. The lowest BCUT2D eigenvalue weighted by molar-refractivity contribution is -0.129. The van der Waals surface area contributed by atoms with Gasteiger partial charge in [-0.15, -0.1) is 0 Å². The lowest BCUT2D eigenvalue weighted by Gasteiger charge is -2.18. The minimum Gasteiger partial charge on any atom is -0.340 e. The van der Waals surface area contributed by atoms with E-state index in [9.17, 15) is 13.6 Å². The Morgan fingerprint density at radius 2 is 2.04 bits per heavy atom. The Morgan fingerprint density at radius 1 is 1.20 bits per heavy atom. The first kappa shape index (κ1) is 15.7. The van der Waals surface area contributed by atoms with Gasteiger partial charge in [0.15, 0.2) is 0 Å². The van der Waals surface area contributed by atoms with Crippen LogP contribution in [0.5, 0.6) is 0 Å². The second-order valence-electron chi connectivity index (χ2n) is 6.34. The zero-order valence-electron chi connectivity index (χ0n) is 13.5. The topological polar surface area (TPSA) is 38.1 Å². The highest BCUT2D eigenvalue weighted by molar-refractivity contribution is 5.79. The van der Waals surface area contributed by atoms with E-state index in [-0.39, 0.29) is 23.9 Å². The van der Waals surface area contributed by atoms with Gasteiger partial charge in [0.2, 0.25) is 5.91 Å². The molecule has 1 amide bonds. The van der Waals surface area contributed by atoms with Crippen molar-refractivity contribution in [3.8, 4) is 0 Å². The van der Waals surface area contributed by atoms with Crippen LogP contribution in [0.25, 0.3) is 11.0 Å². The molecule has 3 aromatic rings. The summed E-state index contributed by atoms with van der Waals surface area (Å²) in [6.07, 6.45) is 2.59. The molecule has 1 atom stereocenters. The Kier molecular flexibility index (Phi) is 3.95. The zero-order valence-corrected chi connectivity index (χ0v) is 13.5. The molecule has 4 nitrogen and oxygen atoms in total. The Balaban J connectivity index is 1.47. The van der Waals surface area contributed by atoms with Gasteiger partial charge in [0, 0.05) is 19.2 Å². The van der Waals surface area contributed by atoms with Gasteiger partial charge in [-0.25, -0.2) is 13.8 Å². The second-order valence-corrected chi connectivity index (χ2v) is 6.34. The van der Waals surface area contributed by atoms with Gasteiger partial charge in [0.1, 0.15) is 11.6 Å². The fourth-order valence-corrected chi connectivity index (χ4v) is 3.40. The van der Waals surface area contributed by atoms with E-state index < -0.39 is 11.6 Å². The number of carbonyl (C=O) groups is 1. The molecule has 0 bridgehead atoms. The van der Waals surface area contributed by atoms with Crippen molar-refractivity contribution >= 4 is 16.9 Å². The Morgan fingerprint density at radius 3 is 2.88 bits per heavy atom. The average molecular weight is 341 g/mol. The molecule has 1 saturated heterocycles. The molecule has 1 aliphatic rings. The van der Waals surface area contributed by atoms with Crippen molar-refractivity contribution in [2.45, 2.75) is 18.9 Å². The van der Waals surface area contributed by atoms with Crippen LogP contribution in [0.15, 0.2) is 48.8 Å². The largest absolute Gasteiger partial charge is 0.340 e. The van der Waals surface area contributed by atoms with Gasteiger partial charge in [0.25, 0.3) is 0 Å². The van der Waals surface area contributed by atoms with Gasteiger partial charge in [-0.3, -0.25) is 4.79 Å². The number of nitrogens with zero attached hydrogens (tertiary/aromatic N) is 3. The predicted molar refractivity (Wildman–Crippen MR) is 90.0 cm³/mol. The fourth-order valence-electron chi connectivity index (χ4n) is 3.40. The maximum absolute atomic E-state index is 13.7. The van der Waals surface area contributed by atoms with E-state index in [0.717, 1.165) is 23.5 Å². The number of para-hydroxylation sites is 2. The summed E-state index contributed by atoms with van der Waals surface area (Å²) < 4.78 is 28.8. The van der Waals surface area contributed by atoms with Crippen molar-refractivity contribution in [3.05, 3.63) is 66.0 Å². The molecule has 4 rings (SSSR count). The molecule has 0 N–H and O–H groups in total. The SMILES string of the molecule is O=C(Cc1ccc(F)cc1F)N1CC[C@H](n2cnc3ccccc32)C1. The lowest BCUT2D eigenvalue weighted by atomic mass is 10.1. The van der Waals surface area contributed by atoms with Crippen LogP contribution in [-0.4, -0.2) is 33.4 Å². The number of halogens is 2. The Labute approximate surface area is 143 Å². The van der Waals surface area contributed by atoms with Gasteiger partial charge in [0.05, 0.1) is 29.8 Å². The molecule has 2 aromatic carbocycles. The van der Waals surface area contributed by atoms with Gasteiger partial charge in [-0.05, 0) is 30.2 Å². The van der Waals surface area contributed by atoms with Crippen LogP contribution in [-0.2, 0) is 11.2 Å². The molecular formula is C19H17F2N3O. The van der Waals surface area contributed by atoms with Gasteiger partial charge >= 0.3 is 0 Å². The monoisotopic (exact) mass is 341 g/mol. The summed E-state index contributed by atoms with van der Waals surface area (Å²) >= 11 is 0. The maximum atomic E-state index is 13.7. The summed E-state index contributed by atoms with van der Waals surface area (Å²) in [5.41, 5.74) is 2.20. The number of hydrogen-bond donors (Lipinski definition) is 0. The number of likely N-dealkylation sites (tertiary alicyclic amines) is 1. The molecule has 1 fully saturated rings. The van der Waals surface area contributed by atoms with E-state index in [0.29, 0.717) is 13.1 Å². The third-order valence-corrected chi connectivity index (χ3v) is 4.75. The zero-order chi connectivity index (χ0) is 17.4. The molecule has 0 spiro atoms. The summed E-state index contributed by atoms with van der Waals surface area (Å²) in [7, 11) is 0. The van der Waals surface area contributed by atoms with Gasteiger partial charge in [-0.1, -0.05) is 18.2 Å². The van der Waals surface area contributed by atoms with Crippen molar-refractivity contribution in [1.29, 1.82) is 0 Å². The third kappa shape index (κ3) is 2.99. The Bertz CT molecular complexity index is 937. The standard InChI is InChI=1S/C19H17F2N3O/c20-14-6-5-13(16(21)10-14)9-19(25)23-8-7-15(11-23)24-12-22-17-3-1-2-4-18(17)24/h1-6,10,12,15H,7-9,11H2/t15-/m0/s1. The van der Waals surface area contributed by atoms with Crippen LogP contribution in [0, 0.1) is 11.6 Å². The molecule has 25 heavy (non-hydrogen) atoms. The molecule has 1 aromatic heterocycles. The number of hydrogen-bond acceptors (Lipinski definition) is 2. The number of imidazole rings is 1. The highest BCUT2D eigenvalue weighted by atomic mass is 19.1. The molecule has 0 unspecified atom stereocenters. The summed E-state index contributed by atoms with van der Waals surface area (Å²) in [5, 5.41) is 0. The molecule has 2 heterocycles. The predicted octanol–water partition coefficient (Wildman–Crippen LogP) is 3.33. The molecule has 1 aliphatic heterocycles. The smallest absolute Gasteiger partial charge is 0.227 e. The van der Waals surface area contributed by atoms with E-state index in [1.54, 1.807) is 4.90 Å². The summed E-state index contributed by atoms with van der Waals surface area (Å²) in [6.45, 7) is 1.20. The minimum absolute atomic E-state index is 0.0521. The van der Waals surface area contributed by atoms with Gasteiger partial charge < -0.3 is 9.47 Å². The summed E-state index contributed by atoms with van der Waals surface area (Å²) in [6, 6.07) is 11.4. The van der Waals surface area contributed by atoms with E-state index in [1.165, 1.54) is 12.1 Å².